The second-order valence-electron chi connectivity index (χ2n) is 10.2. The molecule has 178 valence electrons. The molecule has 0 aromatic heterocycles. The first-order chi connectivity index (χ1) is 16.3. The van der Waals surface area contributed by atoms with Crippen LogP contribution >= 0.6 is 0 Å². The largest absolute Gasteiger partial charge is 0.334 e. The van der Waals surface area contributed by atoms with Crippen LogP contribution < -0.4 is 0 Å². The molecule has 0 bridgehead atoms. The summed E-state index contributed by atoms with van der Waals surface area (Å²) in [5, 5.41) is 0. The Bertz CT molecular complexity index is 1110. The van der Waals surface area contributed by atoms with E-state index in [0.29, 0.717) is 18.9 Å². The molecular weight excluding hydrogens is 426 g/mol. The van der Waals surface area contributed by atoms with Crippen LogP contribution in [-0.4, -0.2) is 52.2 Å². The number of carbonyl (C=O) groups is 3. The van der Waals surface area contributed by atoms with Crippen molar-refractivity contribution in [1.82, 2.24) is 14.7 Å². The van der Waals surface area contributed by atoms with Gasteiger partial charge in [0.15, 0.2) is 0 Å². The molecule has 3 aliphatic rings. The van der Waals surface area contributed by atoms with Crippen molar-refractivity contribution in [3.63, 3.8) is 0 Å². The molecule has 34 heavy (non-hydrogen) atoms. The molecule has 6 nitrogen and oxygen atoms in total. The SMILES string of the molecule is CC1CC2(C(=O)N(CC(=O)N(Cc3ccccc3)C(C)C3CCC3)C(=O)N2C)c2ccccc21. The van der Waals surface area contributed by atoms with Crippen LogP contribution in [0.1, 0.15) is 62.1 Å². The predicted molar refractivity (Wildman–Crippen MR) is 130 cm³/mol. The fraction of sp³-hybridized carbons (Fsp3) is 0.464. The number of likely N-dealkylation sites (N-methyl/N-ethyl adjacent to an activating group) is 1. The quantitative estimate of drug-likeness (QED) is 0.598. The van der Waals surface area contributed by atoms with Gasteiger partial charge in [-0.3, -0.25) is 14.5 Å². The van der Waals surface area contributed by atoms with Crippen LogP contribution in [0.15, 0.2) is 54.6 Å². The van der Waals surface area contributed by atoms with E-state index < -0.39 is 11.6 Å². The molecule has 5 rings (SSSR count). The van der Waals surface area contributed by atoms with Gasteiger partial charge >= 0.3 is 6.03 Å². The highest BCUT2D eigenvalue weighted by molar-refractivity contribution is 6.10. The Morgan fingerprint density at radius 1 is 1.09 bits per heavy atom. The van der Waals surface area contributed by atoms with E-state index >= 15 is 0 Å². The first kappa shape index (κ1) is 22.6. The summed E-state index contributed by atoms with van der Waals surface area (Å²) in [6.45, 7) is 4.45. The van der Waals surface area contributed by atoms with Crippen molar-refractivity contribution in [2.24, 2.45) is 5.92 Å². The minimum atomic E-state index is -1.02. The average molecular weight is 460 g/mol. The van der Waals surface area contributed by atoms with Gasteiger partial charge in [-0.2, -0.15) is 0 Å². The van der Waals surface area contributed by atoms with Crippen LogP contribution in [0.2, 0.25) is 0 Å². The highest BCUT2D eigenvalue weighted by atomic mass is 16.2. The van der Waals surface area contributed by atoms with Crippen LogP contribution in [0.4, 0.5) is 4.79 Å². The minimum Gasteiger partial charge on any atom is -0.334 e. The van der Waals surface area contributed by atoms with Crippen LogP contribution in [-0.2, 0) is 21.7 Å². The van der Waals surface area contributed by atoms with Gasteiger partial charge in [0.1, 0.15) is 12.1 Å². The molecular formula is C28H33N3O3. The summed E-state index contributed by atoms with van der Waals surface area (Å²) in [5.74, 6) is 0.185. The van der Waals surface area contributed by atoms with Gasteiger partial charge in [0.25, 0.3) is 5.91 Å². The van der Waals surface area contributed by atoms with Gasteiger partial charge in [-0.1, -0.05) is 67.9 Å². The number of urea groups is 1. The Morgan fingerprint density at radius 2 is 1.76 bits per heavy atom. The van der Waals surface area contributed by atoms with E-state index in [4.69, 9.17) is 0 Å². The number of imide groups is 1. The fourth-order valence-corrected chi connectivity index (χ4v) is 6.07. The third-order valence-electron chi connectivity index (χ3n) is 8.36. The minimum absolute atomic E-state index is 0.0631. The number of hydrogen-bond donors (Lipinski definition) is 0. The second-order valence-corrected chi connectivity index (χ2v) is 10.2. The number of rotatable bonds is 6. The highest BCUT2D eigenvalue weighted by Gasteiger charge is 2.61. The Hall–Kier alpha value is -3.15. The maximum atomic E-state index is 13.8. The molecule has 2 aliphatic carbocycles. The second kappa shape index (κ2) is 8.57. The van der Waals surface area contributed by atoms with Gasteiger partial charge in [0, 0.05) is 19.6 Å². The summed E-state index contributed by atoms with van der Waals surface area (Å²) in [5.41, 5.74) is 2.03. The summed E-state index contributed by atoms with van der Waals surface area (Å²) in [6.07, 6.45) is 3.96. The first-order valence-corrected chi connectivity index (χ1v) is 12.4. The molecule has 2 fully saturated rings. The number of amides is 4. The normalized spacial score (nSPS) is 25.0. The van der Waals surface area contributed by atoms with E-state index in [1.807, 2.05) is 59.5 Å². The summed E-state index contributed by atoms with van der Waals surface area (Å²) < 4.78 is 0. The Morgan fingerprint density at radius 3 is 2.44 bits per heavy atom. The molecule has 1 saturated heterocycles. The maximum absolute atomic E-state index is 13.8. The first-order valence-electron chi connectivity index (χ1n) is 12.4. The molecule has 3 atom stereocenters. The van der Waals surface area contributed by atoms with E-state index in [2.05, 4.69) is 13.8 Å². The average Bonchev–Trinajstić information content (AvgIpc) is 3.20. The zero-order chi connectivity index (χ0) is 24.0. The van der Waals surface area contributed by atoms with Crippen LogP contribution in [0.3, 0.4) is 0 Å². The van der Waals surface area contributed by atoms with Crippen molar-refractivity contribution in [2.45, 2.75) is 63.6 Å². The molecule has 2 aromatic rings. The lowest BCUT2D eigenvalue weighted by molar-refractivity contribution is -0.142. The van der Waals surface area contributed by atoms with Gasteiger partial charge in [-0.25, -0.2) is 4.79 Å². The van der Waals surface area contributed by atoms with E-state index in [1.54, 1.807) is 11.9 Å². The number of benzene rings is 2. The molecule has 0 radical (unpaired) electrons. The number of carbonyl (C=O) groups excluding carboxylic acids is 3. The predicted octanol–water partition coefficient (Wildman–Crippen LogP) is 4.50. The van der Waals surface area contributed by atoms with E-state index in [-0.39, 0.29) is 30.3 Å². The number of fused-ring (bicyclic) bond motifs is 2. The molecule has 1 saturated carbocycles. The number of nitrogens with zero attached hydrogens (tertiary/aromatic N) is 3. The molecule has 6 heteroatoms. The lowest BCUT2D eigenvalue weighted by Crippen LogP contribution is -2.49. The zero-order valence-corrected chi connectivity index (χ0v) is 20.2. The molecule has 1 spiro atoms. The smallest absolute Gasteiger partial charge is 0.328 e. The summed E-state index contributed by atoms with van der Waals surface area (Å²) >= 11 is 0. The Labute approximate surface area is 201 Å². The topological polar surface area (TPSA) is 60.9 Å². The van der Waals surface area contributed by atoms with E-state index in [1.165, 1.54) is 11.3 Å². The van der Waals surface area contributed by atoms with Crippen molar-refractivity contribution in [2.75, 3.05) is 13.6 Å². The molecule has 4 amide bonds. The third kappa shape index (κ3) is 3.42. The summed E-state index contributed by atoms with van der Waals surface area (Å²) in [4.78, 5) is 45.5. The van der Waals surface area contributed by atoms with Crippen molar-refractivity contribution in [3.8, 4) is 0 Å². The van der Waals surface area contributed by atoms with Gasteiger partial charge in [-0.15, -0.1) is 0 Å². The van der Waals surface area contributed by atoms with Gasteiger partial charge in [-0.05, 0) is 54.7 Å². The number of hydrogen-bond acceptors (Lipinski definition) is 3. The van der Waals surface area contributed by atoms with Crippen molar-refractivity contribution < 1.29 is 14.4 Å². The fourth-order valence-electron chi connectivity index (χ4n) is 6.07. The summed E-state index contributed by atoms with van der Waals surface area (Å²) in [7, 11) is 1.69. The van der Waals surface area contributed by atoms with E-state index in [9.17, 15) is 14.4 Å². The monoisotopic (exact) mass is 459 g/mol. The lowest BCUT2D eigenvalue weighted by atomic mass is 9.79. The molecule has 2 aromatic carbocycles. The van der Waals surface area contributed by atoms with Crippen molar-refractivity contribution >= 4 is 17.8 Å². The van der Waals surface area contributed by atoms with Gasteiger partial charge in [0.2, 0.25) is 5.91 Å². The van der Waals surface area contributed by atoms with Gasteiger partial charge in [0.05, 0.1) is 0 Å². The van der Waals surface area contributed by atoms with Crippen molar-refractivity contribution in [1.29, 1.82) is 0 Å². The third-order valence-corrected chi connectivity index (χ3v) is 8.36. The summed E-state index contributed by atoms with van der Waals surface area (Å²) in [6, 6.07) is 17.5. The van der Waals surface area contributed by atoms with Crippen LogP contribution in [0, 0.1) is 5.92 Å². The van der Waals surface area contributed by atoms with Crippen LogP contribution in [0.25, 0.3) is 0 Å². The molecule has 0 N–H and O–H groups in total. The molecule has 3 unspecified atom stereocenters. The Balaban J connectivity index is 1.42. The maximum Gasteiger partial charge on any atom is 0.328 e. The van der Waals surface area contributed by atoms with Crippen molar-refractivity contribution in [3.05, 3.63) is 71.3 Å². The molecule has 1 heterocycles. The standard InChI is InChI=1S/C28H33N3O3/c1-19-16-28(24-15-8-7-14-23(19)24)26(33)31(27(34)29(28)3)18-25(32)30(20(2)22-12-9-13-22)17-21-10-5-4-6-11-21/h4-8,10-11,14-15,19-20,22H,9,12-13,16-18H2,1-3H3. The van der Waals surface area contributed by atoms with Gasteiger partial charge < -0.3 is 9.80 Å². The lowest BCUT2D eigenvalue weighted by Gasteiger charge is -2.39. The Kier molecular flexibility index (Phi) is 5.70. The van der Waals surface area contributed by atoms with Crippen LogP contribution in [0.5, 0.6) is 0 Å². The molecule has 1 aliphatic heterocycles. The highest BCUT2D eigenvalue weighted by Crippen LogP contribution is 2.51. The van der Waals surface area contributed by atoms with E-state index in [0.717, 1.165) is 29.5 Å². The zero-order valence-electron chi connectivity index (χ0n) is 20.2.